The van der Waals surface area contributed by atoms with Gasteiger partial charge in [0.05, 0.1) is 5.69 Å². The van der Waals surface area contributed by atoms with Crippen LogP contribution in [0.4, 0.5) is 0 Å². The van der Waals surface area contributed by atoms with Gasteiger partial charge in [-0.2, -0.15) is 5.10 Å². The fourth-order valence-corrected chi connectivity index (χ4v) is 3.66. The largest absolute Gasteiger partial charge is 0.356 e. The molecule has 0 bridgehead atoms. The molecule has 0 fully saturated rings. The van der Waals surface area contributed by atoms with Crippen LogP contribution < -0.4 is 5.32 Å². The summed E-state index contributed by atoms with van der Waals surface area (Å²) in [6, 6.07) is 21.1. The topological polar surface area (TPSA) is 45.5 Å². The minimum Gasteiger partial charge on any atom is -0.356 e. The number of hydrogen-bond acceptors (Lipinski definition) is 2. The van der Waals surface area contributed by atoms with E-state index in [0.29, 0.717) is 0 Å². The third kappa shape index (κ3) is 5.50. The Morgan fingerprint density at radius 2 is 1.87 bits per heavy atom. The first-order valence-electron chi connectivity index (χ1n) is 10.1. The van der Waals surface area contributed by atoms with Gasteiger partial charge in [-0.05, 0) is 47.7 Å². The van der Waals surface area contributed by atoms with Crippen molar-refractivity contribution in [3.63, 3.8) is 0 Å². The minimum atomic E-state index is 0. The first-order valence-corrected chi connectivity index (χ1v) is 10.1. The maximum absolute atomic E-state index is 4.48. The van der Waals surface area contributed by atoms with Crippen molar-refractivity contribution < 1.29 is 0 Å². The molecule has 1 aliphatic heterocycles. The normalized spacial score (nSPS) is 14.1. The zero-order valence-corrected chi connectivity index (χ0v) is 19.6. The minimum absolute atomic E-state index is 0. The number of aliphatic imine (C=N–C) groups is 1. The van der Waals surface area contributed by atoms with Gasteiger partial charge in [0, 0.05) is 39.1 Å². The van der Waals surface area contributed by atoms with Crippen LogP contribution in [-0.4, -0.2) is 47.3 Å². The quantitative estimate of drug-likeness (QED) is 0.313. The molecule has 6 heteroatoms. The summed E-state index contributed by atoms with van der Waals surface area (Å²) < 4.78 is 1.87. The zero-order valence-electron chi connectivity index (χ0n) is 17.2. The van der Waals surface area contributed by atoms with Crippen LogP contribution >= 0.6 is 24.0 Å². The maximum Gasteiger partial charge on any atom is 0.193 e. The molecule has 2 heterocycles. The lowest BCUT2D eigenvalue weighted by Gasteiger charge is -2.29. The summed E-state index contributed by atoms with van der Waals surface area (Å²) in [5.41, 5.74) is 5.13. The number of aromatic nitrogens is 2. The molecule has 0 radical (unpaired) electrons. The van der Waals surface area contributed by atoms with E-state index in [9.17, 15) is 0 Å². The van der Waals surface area contributed by atoms with E-state index < -0.39 is 0 Å². The third-order valence-corrected chi connectivity index (χ3v) is 5.27. The van der Waals surface area contributed by atoms with E-state index in [4.69, 9.17) is 0 Å². The van der Waals surface area contributed by atoms with Crippen LogP contribution in [0.25, 0.3) is 11.3 Å². The average molecular weight is 513 g/mol. The van der Waals surface area contributed by atoms with E-state index >= 15 is 0 Å². The van der Waals surface area contributed by atoms with Crippen LogP contribution in [0, 0.1) is 0 Å². The molecule has 0 unspecified atom stereocenters. The SMILES string of the molecule is CN=C(NCCc1ccc(-n2cccn2)cc1)N1CC=C(c2ccccc2)CC1.I. The number of benzene rings is 2. The van der Waals surface area contributed by atoms with Gasteiger partial charge in [-0.25, -0.2) is 4.68 Å². The molecule has 0 saturated heterocycles. The van der Waals surface area contributed by atoms with Gasteiger partial charge in [0.15, 0.2) is 5.96 Å². The van der Waals surface area contributed by atoms with Crippen LogP contribution in [0.3, 0.4) is 0 Å². The Labute approximate surface area is 195 Å². The van der Waals surface area contributed by atoms with E-state index in [0.717, 1.165) is 44.1 Å². The Morgan fingerprint density at radius 3 is 2.50 bits per heavy atom. The highest BCUT2D eigenvalue weighted by Gasteiger charge is 2.15. The van der Waals surface area contributed by atoms with Crippen molar-refractivity contribution >= 4 is 35.5 Å². The molecule has 0 saturated carbocycles. The number of nitrogens with zero attached hydrogens (tertiary/aromatic N) is 4. The summed E-state index contributed by atoms with van der Waals surface area (Å²) in [4.78, 5) is 6.79. The Kier molecular flexibility index (Phi) is 8.07. The molecule has 0 spiro atoms. The lowest BCUT2D eigenvalue weighted by molar-refractivity contribution is 0.440. The first kappa shape index (κ1) is 22.1. The van der Waals surface area contributed by atoms with Crippen molar-refractivity contribution in [2.24, 2.45) is 4.99 Å². The molecule has 5 nitrogen and oxygen atoms in total. The summed E-state index contributed by atoms with van der Waals surface area (Å²) in [6.45, 7) is 2.74. The lowest BCUT2D eigenvalue weighted by Crippen LogP contribution is -2.44. The average Bonchev–Trinajstić information content (AvgIpc) is 3.33. The molecule has 0 atom stereocenters. The highest BCUT2D eigenvalue weighted by molar-refractivity contribution is 14.0. The Bertz CT molecular complexity index is 963. The van der Waals surface area contributed by atoms with Gasteiger partial charge >= 0.3 is 0 Å². The summed E-state index contributed by atoms with van der Waals surface area (Å²) >= 11 is 0. The molecule has 3 aromatic rings. The summed E-state index contributed by atoms with van der Waals surface area (Å²) in [6.07, 6.45) is 8.06. The molecular formula is C24H28IN5. The number of guanidine groups is 1. The number of halogens is 1. The molecule has 0 aliphatic carbocycles. The van der Waals surface area contributed by atoms with Gasteiger partial charge < -0.3 is 10.2 Å². The van der Waals surface area contributed by atoms with Crippen LogP contribution in [0.15, 0.2) is 84.1 Å². The van der Waals surface area contributed by atoms with Gasteiger partial charge in [-0.1, -0.05) is 48.5 Å². The first-order chi connectivity index (χ1) is 14.3. The third-order valence-electron chi connectivity index (χ3n) is 5.27. The Morgan fingerprint density at radius 1 is 1.07 bits per heavy atom. The predicted octanol–water partition coefficient (Wildman–Crippen LogP) is 4.40. The second kappa shape index (κ2) is 11.0. The van der Waals surface area contributed by atoms with E-state index in [2.05, 4.69) is 81.0 Å². The van der Waals surface area contributed by atoms with Crippen molar-refractivity contribution in [2.45, 2.75) is 12.8 Å². The second-order valence-corrected chi connectivity index (χ2v) is 7.13. The van der Waals surface area contributed by atoms with E-state index in [1.54, 1.807) is 6.20 Å². The summed E-state index contributed by atoms with van der Waals surface area (Å²) in [5.74, 6) is 0.974. The molecule has 156 valence electrons. The molecule has 1 aromatic heterocycles. The van der Waals surface area contributed by atoms with Gasteiger partial charge in [-0.15, -0.1) is 24.0 Å². The summed E-state index contributed by atoms with van der Waals surface area (Å²) in [5, 5.41) is 7.78. The van der Waals surface area contributed by atoms with Crippen molar-refractivity contribution in [2.75, 3.05) is 26.7 Å². The van der Waals surface area contributed by atoms with Crippen LogP contribution in [-0.2, 0) is 6.42 Å². The van der Waals surface area contributed by atoms with Crippen molar-refractivity contribution in [3.05, 3.63) is 90.3 Å². The molecule has 1 aliphatic rings. The van der Waals surface area contributed by atoms with Gasteiger partial charge in [0.2, 0.25) is 0 Å². The Balaban J connectivity index is 0.00000256. The highest BCUT2D eigenvalue weighted by atomic mass is 127. The number of nitrogens with one attached hydrogen (secondary N) is 1. The van der Waals surface area contributed by atoms with Crippen molar-refractivity contribution in [1.82, 2.24) is 20.0 Å². The zero-order chi connectivity index (χ0) is 19.9. The van der Waals surface area contributed by atoms with Crippen LogP contribution in [0.2, 0.25) is 0 Å². The summed E-state index contributed by atoms with van der Waals surface area (Å²) in [7, 11) is 1.86. The number of rotatable bonds is 5. The van der Waals surface area contributed by atoms with Crippen LogP contribution in [0.1, 0.15) is 17.5 Å². The lowest BCUT2D eigenvalue weighted by atomic mass is 10.00. The smallest absolute Gasteiger partial charge is 0.193 e. The second-order valence-electron chi connectivity index (χ2n) is 7.13. The van der Waals surface area contributed by atoms with Crippen molar-refractivity contribution in [1.29, 1.82) is 0 Å². The fourth-order valence-electron chi connectivity index (χ4n) is 3.66. The fraction of sp³-hybridized carbons (Fsp3) is 0.250. The predicted molar refractivity (Wildman–Crippen MR) is 135 cm³/mol. The monoisotopic (exact) mass is 513 g/mol. The molecule has 0 amide bonds. The number of hydrogen-bond donors (Lipinski definition) is 1. The van der Waals surface area contributed by atoms with E-state index in [-0.39, 0.29) is 24.0 Å². The standard InChI is InChI=1S/C24H27N5.HI/c1-25-24(28-18-13-22(14-19-28)21-6-3-2-4-7-21)26-16-12-20-8-10-23(11-9-20)29-17-5-15-27-29;/h2-11,13,15,17H,12,14,16,18-19H2,1H3,(H,25,26);1H. The molecular weight excluding hydrogens is 485 g/mol. The van der Waals surface area contributed by atoms with Gasteiger partial charge in [0.1, 0.15) is 0 Å². The van der Waals surface area contributed by atoms with Crippen molar-refractivity contribution in [3.8, 4) is 5.69 Å². The Hall–Kier alpha value is -2.61. The van der Waals surface area contributed by atoms with E-state index in [1.807, 2.05) is 24.0 Å². The maximum atomic E-state index is 4.48. The molecule has 4 rings (SSSR count). The highest BCUT2D eigenvalue weighted by Crippen LogP contribution is 2.21. The van der Waals surface area contributed by atoms with Gasteiger partial charge in [0.25, 0.3) is 0 Å². The van der Waals surface area contributed by atoms with Crippen LogP contribution in [0.5, 0.6) is 0 Å². The molecule has 1 N–H and O–H groups in total. The van der Waals surface area contributed by atoms with E-state index in [1.165, 1.54) is 16.7 Å². The molecule has 30 heavy (non-hydrogen) atoms. The van der Waals surface area contributed by atoms with Gasteiger partial charge in [-0.3, -0.25) is 4.99 Å². The molecule has 2 aromatic carbocycles.